The maximum Gasteiger partial charge on any atom is 0.277 e. The molecule has 0 saturated heterocycles. The summed E-state index contributed by atoms with van der Waals surface area (Å²) in [6, 6.07) is 4.81. The summed E-state index contributed by atoms with van der Waals surface area (Å²) in [4.78, 5) is 11.6. The molecule has 0 aliphatic heterocycles. The number of hydrazone groups is 1. The lowest BCUT2D eigenvalue weighted by molar-refractivity contribution is -0.123. The highest BCUT2D eigenvalue weighted by atomic mass is 35.5. The van der Waals surface area contributed by atoms with Crippen molar-refractivity contribution < 1.29 is 9.53 Å². The Kier molecular flexibility index (Phi) is 5.84. The zero-order valence-electron chi connectivity index (χ0n) is 12.0. The lowest BCUT2D eigenvalue weighted by Crippen LogP contribution is -2.28. The number of hydrogen-bond donors (Lipinski definition) is 1. The van der Waals surface area contributed by atoms with Crippen LogP contribution in [0.3, 0.4) is 0 Å². The molecule has 0 unspecified atom stereocenters. The molecule has 0 aliphatic rings. The van der Waals surface area contributed by atoms with E-state index in [1.165, 1.54) is 0 Å². The van der Waals surface area contributed by atoms with Crippen LogP contribution < -0.4 is 10.2 Å². The van der Waals surface area contributed by atoms with Crippen LogP contribution in [0.5, 0.6) is 5.75 Å². The molecule has 1 aromatic carbocycles. The second kappa shape index (κ2) is 6.95. The largest absolute Gasteiger partial charge is 0.482 e. The molecule has 1 rings (SSSR count). The number of rotatable bonds is 4. The van der Waals surface area contributed by atoms with Gasteiger partial charge in [0.2, 0.25) is 0 Å². The zero-order valence-corrected chi connectivity index (χ0v) is 13.5. The van der Waals surface area contributed by atoms with Gasteiger partial charge in [-0.1, -0.05) is 44.0 Å². The Bertz CT molecular complexity index is 522. The summed E-state index contributed by atoms with van der Waals surface area (Å²) in [6.45, 7) is 7.74. The third-order valence-electron chi connectivity index (χ3n) is 2.69. The molecule has 1 amide bonds. The third-order valence-corrected chi connectivity index (χ3v) is 3.22. The number of hydrogen-bond acceptors (Lipinski definition) is 3. The maximum atomic E-state index is 11.6. The number of nitrogens with one attached hydrogen (secondary N) is 1. The van der Waals surface area contributed by atoms with Crippen molar-refractivity contribution in [3.63, 3.8) is 0 Å². The van der Waals surface area contributed by atoms with E-state index < -0.39 is 0 Å². The van der Waals surface area contributed by atoms with E-state index in [-0.39, 0.29) is 17.9 Å². The van der Waals surface area contributed by atoms with E-state index in [9.17, 15) is 4.79 Å². The van der Waals surface area contributed by atoms with E-state index >= 15 is 0 Å². The van der Waals surface area contributed by atoms with Crippen LogP contribution in [-0.2, 0) is 4.79 Å². The molecule has 0 radical (unpaired) electrons. The van der Waals surface area contributed by atoms with Crippen molar-refractivity contribution in [2.45, 2.75) is 27.7 Å². The first-order valence-electron chi connectivity index (χ1n) is 6.11. The van der Waals surface area contributed by atoms with Crippen molar-refractivity contribution >= 4 is 34.8 Å². The van der Waals surface area contributed by atoms with Crippen LogP contribution in [0.25, 0.3) is 0 Å². The Morgan fingerprint density at radius 1 is 1.35 bits per heavy atom. The van der Waals surface area contributed by atoms with Gasteiger partial charge in [0.1, 0.15) is 5.75 Å². The quantitative estimate of drug-likeness (QED) is 0.676. The summed E-state index contributed by atoms with van der Waals surface area (Å²) >= 11 is 11.7. The summed E-state index contributed by atoms with van der Waals surface area (Å²) < 4.78 is 5.30. The molecule has 20 heavy (non-hydrogen) atoms. The van der Waals surface area contributed by atoms with Gasteiger partial charge in [-0.05, 0) is 25.1 Å². The van der Waals surface area contributed by atoms with E-state index in [2.05, 4.69) is 10.5 Å². The molecule has 110 valence electrons. The predicted molar refractivity (Wildman–Crippen MR) is 82.7 cm³/mol. The van der Waals surface area contributed by atoms with Gasteiger partial charge in [-0.2, -0.15) is 5.10 Å². The minimum atomic E-state index is -0.348. The van der Waals surface area contributed by atoms with Crippen LogP contribution >= 0.6 is 23.2 Å². The van der Waals surface area contributed by atoms with Gasteiger partial charge >= 0.3 is 0 Å². The molecule has 0 aromatic heterocycles. The maximum absolute atomic E-state index is 11.6. The van der Waals surface area contributed by atoms with Crippen molar-refractivity contribution in [2.24, 2.45) is 10.5 Å². The van der Waals surface area contributed by atoms with Gasteiger partial charge in [-0.25, -0.2) is 5.43 Å². The van der Waals surface area contributed by atoms with Gasteiger partial charge in [0.25, 0.3) is 5.91 Å². The summed E-state index contributed by atoms with van der Waals surface area (Å²) in [5.74, 6) is 0.0577. The average Bonchev–Trinajstić information content (AvgIpc) is 2.33. The number of carbonyl (C=O) groups is 1. The summed E-state index contributed by atoms with van der Waals surface area (Å²) in [5, 5.41) is 4.90. The van der Waals surface area contributed by atoms with Gasteiger partial charge in [0, 0.05) is 16.1 Å². The normalized spacial score (nSPS) is 12.2. The Balaban J connectivity index is 2.52. The molecule has 0 atom stereocenters. The molecule has 4 nitrogen and oxygen atoms in total. The summed E-state index contributed by atoms with van der Waals surface area (Å²) in [5.41, 5.74) is 3.18. The van der Waals surface area contributed by atoms with Gasteiger partial charge in [-0.3, -0.25) is 4.79 Å². The van der Waals surface area contributed by atoms with Crippen LogP contribution in [0, 0.1) is 5.41 Å². The third kappa shape index (κ3) is 5.39. The molecule has 1 N–H and O–H groups in total. The minimum absolute atomic E-state index is 0.0897. The van der Waals surface area contributed by atoms with Crippen molar-refractivity contribution in [2.75, 3.05) is 6.61 Å². The van der Waals surface area contributed by atoms with Crippen LogP contribution in [-0.4, -0.2) is 18.2 Å². The predicted octanol–water partition coefficient (Wildman–Crippen LogP) is 3.91. The summed E-state index contributed by atoms with van der Waals surface area (Å²) in [7, 11) is 0. The van der Waals surface area contributed by atoms with E-state index in [0.29, 0.717) is 15.8 Å². The summed E-state index contributed by atoms with van der Waals surface area (Å²) in [6.07, 6.45) is 0. The van der Waals surface area contributed by atoms with Crippen LogP contribution in [0.2, 0.25) is 10.0 Å². The van der Waals surface area contributed by atoms with Crippen LogP contribution in [0.15, 0.2) is 23.3 Å². The van der Waals surface area contributed by atoms with Gasteiger partial charge in [-0.15, -0.1) is 0 Å². The van der Waals surface area contributed by atoms with Gasteiger partial charge in [0.15, 0.2) is 6.61 Å². The molecule has 0 aliphatic carbocycles. The number of amides is 1. The first kappa shape index (κ1) is 16.8. The van der Waals surface area contributed by atoms with E-state index in [1.54, 1.807) is 18.2 Å². The topological polar surface area (TPSA) is 50.7 Å². The van der Waals surface area contributed by atoms with Crippen molar-refractivity contribution in [1.82, 2.24) is 5.43 Å². The smallest absolute Gasteiger partial charge is 0.277 e. The first-order valence-corrected chi connectivity index (χ1v) is 6.87. The van der Waals surface area contributed by atoms with E-state index in [0.717, 1.165) is 5.71 Å². The Morgan fingerprint density at radius 2 is 2.00 bits per heavy atom. The standard InChI is InChI=1S/C14H18Cl2N2O2/c1-9(14(2,3)4)17-18-13(19)8-20-12-6-5-10(15)7-11(12)16/h5-7H,8H2,1-4H3,(H,18,19)/b17-9+. The minimum Gasteiger partial charge on any atom is -0.482 e. The van der Waals surface area contributed by atoms with E-state index in [4.69, 9.17) is 27.9 Å². The fourth-order valence-corrected chi connectivity index (χ4v) is 1.54. The van der Waals surface area contributed by atoms with Gasteiger partial charge < -0.3 is 4.74 Å². The van der Waals surface area contributed by atoms with Crippen molar-refractivity contribution in [3.05, 3.63) is 28.2 Å². The molecule has 0 fully saturated rings. The second-order valence-electron chi connectivity index (χ2n) is 5.35. The molecule has 0 bridgehead atoms. The van der Waals surface area contributed by atoms with Gasteiger partial charge in [0.05, 0.1) is 5.02 Å². The monoisotopic (exact) mass is 316 g/mol. The molecule has 6 heteroatoms. The number of ether oxygens (including phenoxy) is 1. The van der Waals surface area contributed by atoms with E-state index in [1.807, 2.05) is 27.7 Å². The van der Waals surface area contributed by atoms with Crippen molar-refractivity contribution in [1.29, 1.82) is 0 Å². The van der Waals surface area contributed by atoms with Crippen LogP contribution in [0.1, 0.15) is 27.7 Å². The first-order chi connectivity index (χ1) is 9.20. The molecular formula is C14H18Cl2N2O2. The zero-order chi connectivity index (χ0) is 15.3. The average molecular weight is 317 g/mol. The molecular weight excluding hydrogens is 299 g/mol. The Labute approximate surface area is 129 Å². The van der Waals surface area contributed by atoms with Crippen LogP contribution in [0.4, 0.5) is 0 Å². The number of nitrogens with zero attached hydrogens (tertiary/aromatic N) is 1. The highest BCUT2D eigenvalue weighted by Gasteiger charge is 2.14. The Morgan fingerprint density at radius 3 is 2.55 bits per heavy atom. The molecule has 0 spiro atoms. The highest BCUT2D eigenvalue weighted by molar-refractivity contribution is 6.35. The number of carbonyl (C=O) groups excluding carboxylic acids is 1. The highest BCUT2D eigenvalue weighted by Crippen LogP contribution is 2.27. The SMILES string of the molecule is C/C(=N\NC(=O)COc1ccc(Cl)cc1Cl)C(C)(C)C. The molecule has 1 aromatic rings. The number of benzene rings is 1. The molecule has 0 saturated carbocycles. The lowest BCUT2D eigenvalue weighted by atomic mass is 9.91. The lowest BCUT2D eigenvalue weighted by Gasteiger charge is -2.17. The fourth-order valence-electron chi connectivity index (χ4n) is 1.08. The fraction of sp³-hybridized carbons (Fsp3) is 0.429. The second-order valence-corrected chi connectivity index (χ2v) is 6.19. The molecule has 0 heterocycles. The number of halogens is 2. The van der Waals surface area contributed by atoms with Crippen molar-refractivity contribution in [3.8, 4) is 5.75 Å². The Hall–Kier alpha value is -1.26.